The summed E-state index contributed by atoms with van der Waals surface area (Å²) in [4.78, 5) is 37.4. The van der Waals surface area contributed by atoms with Gasteiger partial charge in [-0.15, -0.1) is 5.10 Å². The van der Waals surface area contributed by atoms with Crippen molar-refractivity contribution in [1.29, 1.82) is 0 Å². The number of hydrogen-bond donors (Lipinski definition) is 2. The molecule has 6 rings (SSSR count). The first-order valence-electron chi connectivity index (χ1n) is 15.1. The molecule has 3 N–H and O–H groups in total. The van der Waals surface area contributed by atoms with Gasteiger partial charge in [-0.1, -0.05) is 26.0 Å². The number of aromatic nitrogens is 3. The van der Waals surface area contributed by atoms with E-state index in [1.807, 2.05) is 11.0 Å². The molecule has 2 aromatic heterocycles. The fraction of sp³-hybridized carbons (Fsp3) is 0.548. The number of amides is 2. The smallest absolute Gasteiger partial charge is 0.288 e. The van der Waals surface area contributed by atoms with Crippen molar-refractivity contribution in [2.75, 3.05) is 57.4 Å². The predicted octanol–water partition coefficient (Wildman–Crippen LogP) is 1.57. The molecule has 3 aliphatic rings. The van der Waals surface area contributed by atoms with Crippen LogP contribution >= 0.6 is 0 Å². The number of anilines is 1. The summed E-state index contributed by atoms with van der Waals surface area (Å²) >= 11 is 0. The van der Waals surface area contributed by atoms with E-state index >= 15 is 0 Å². The molecule has 1 aromatic carbocycles. The van der Waals surface area contributed by atoms with Crippen LogP contribution < -0.4 is 16.0 Å². The number of pyridine rings is 1. The second-order valence-electron chi connectivity index (χ2n) is 12.9. The minimum Gasteiger partial charge on any atom is -0.379 e. The Morgan fingerprint density at radius 1 is 1.19 bits per heavy atom. The minimum absolute atomic E-state index is 0.0169. The van der Waals surface area contributed by atoms with E-state index in [-0.39, 0.29) is 29.6 Å². The van der Waals surface area contributed by atoms with Gasteiger partial charge in [0.1, 0.15) is 5.82 Å². The second-order valence-corrected chi connectivity index (χ2v) is 12.9. The third kappa shape index (κ3) is 5.88. The summed E-state index contributed by atoms with van der Waals surface area (Å²) in [5.41, 5.74) is 8.84. The Kier molecular flexibility index (Phi) is 7.97. The quantitative estimate of drug-likeness (QED) is 0.424. The summed E-state index contributed by atoms with van der Waals surface area (Å²) in [6, 6.07) is 9.06. The average molecular weight is 593 g/mol. The van der Waals surface area contributed by atoms with Crippen LogP contribution in [0.25, 0.3) is 5.65 Å². The van der Waals surface area contributed by atoms with Gasteiger partial charge >= 0.3 is 0 Å². The topological polar surface area (TPSA) is 121 Å². The highest BCUT2D eigenvalue weighted by Crippen LogP contribution is 2.42. The molecule has 12 heteroatoms. The molecule has 11 nitrogen and oxygen atoms in total. The van der Waals surface area contributed by atoms with Gasteiger partial charge in [-0.3, -0.25) is 19.4 Å². The van der Waals surface area contributed by atoms with E-state index in [9.17, 15) is 14.0 Å². The van der Waals surface area contributed by atoms with Crippen LogP contribution in [0.4, 0.5) is 10.1 Å². The summed E-state index contributed by atoms with van der Waals surface area (Å²) in [5, 5.41) is 8.10. The molecule has 230 valence electrons. The van der Waals surface area contributed by atoms with Crippen molar-refractivity contribution in [3.63, 3.8) is 0 Å². The van der Waals surface area contributed by atoms with E-state index in [1.165, 1.54) is 12.1 Å². The van der Waals surface area contributed by atoms with E-state index in [2.05, 4.69) is 52.9 Å². The number of rotatable bonds is 7. The van der Waals surface area contributed by atoms with Crippen LogP contribution in [-0.2, 0) is 21.4 Å². The number of nitrogens with one attached hydrogen (secondary N) is 1. The zero-order chi connectivity index (χ0) is 30.5. The van der Waals surface area contributed by atoms with E-state index in [0.29, 0.717) is 31.2 Å². The largest absolute Gasteiger partial charge is 0.379 e. The fourth-order valence-corrected chi connectivity index (χ4v) is 6.72. The van der Waals surface area contributed by atoms with E-state index < -0.39 is 11.3 Å². The molecule has 43 heavy (non-hydrogen) atoms. The third-order valence-corrected chi connectivity index (χ3v) is 8.99. The number of ether oxygens (including phenoxy) is 1. The molecule has 3 aliphatic heterocycles. The highest BCUT2D eigenvalue weighted by Gasteiger charge is 2.43. The SMILES string of the molecule is C[C@@H]1CN(CC(=O)N2CC(C)(C)c3c2cc(Cc2ccc(F)cc2)c2nc(C(N)=O)nn32)[C@@H](CN2CCOC[C@H]2C)CN1. The second kappa shape index (κ2) is 11.6. The molecule has 3 atom stereocenters. The number of morpholine rings is 1. The minimum atomic E-state index is -0.720. The lowest BCUT2D eigenvalue weighted by Crippen LogP contribution is -2.62. The lowest BCUT2D eigenvalue weighted by atomic mass is 9.90. The van der Waals surface area contributed by atoms with Crippen molar-refractivity contribution in [2.24, 2.45) is 5.73 Å². The molecule has 0 saturated carbocycles. The third-order valence-electron chi connectivity index (χ3n) is 8.99. The molecule has 3 aromatic rings. The number of hydrogen-bond acceptors (Lipinski definition) is 8. The average Bonchev–Trinajstić information content (AvgIpc) is 3.52. The van der Waals surface area contributed by atoms with Crippen molar-refractivity contribution in [2.45, 2.75) is 57.7 Å². The molecule has 2 saturated heterocycles. The molecule has 2 amide bonds. The number of benzene rings is 1. The van der Waals surface area contributed by atoms with Crippen molar-refractivity contribution in [1.82, 2.24) is 29.7 Å². The van der Waals surface area contributed by atoms with E-state index in [1.54, 1.807) is 16.6 Å². The van der Waals surface area contributed by atoms with Crippen LogP contribution in [0, 0.1) is 5.82 Å². The van der Waals surface area contributed by atoms with Crippen molar-refractivity contribution >= 4 is 23.1 Å². The lowest BCUT2D eigenvalue weighted by molar-refractivity contribution is -0.121. The normalized spacial score (nSPS) is 24.4. The van der Waals surface area contributed by atoms with Crippen LogP contribution in [0.3, 0.4) is 0 Å². The van der Waals surface area contributed by atoms with Crippen LogP contribution in [-0.4, -0.2) is 107 Å². The first kappa shape index (κ1) is 29.6. The van der Waals surface area contributed by atoms with Gasteiger partial charge in [0, 0.05) is 68.2 Å². The summed E-state index contributed by atoms with van der Waals surface area (Å²) in [6.07, 6.45) is 0.422. The number of primary amides is 1. The van der Waals surface area contributed by atoms with E-state index in [4.69, 9.17) is 10.5 Å². The molecular formula is C31H41FN8O3. The summed E-state index contributed by atoms with van der Waals surface area (Å²) in [7, 11) is 0. The zero-order valence-corrected chi connectivity index (χ0v) is 25.3. The number of nitrogens with two attached hydrogens (primary N) is 1. The van der Waals surface area contributed by atoms with E-state index in [0.717, 1.165) is 61.9 Å². The first-order chi connectivity index (χ1) is 20.5. The Morgan fingerprint density at radius 2 is 1.95 bits per heavy atom. The van der Waals surface area contributed by atoms with Crippen molar-refractivity contribution in [3.8, 4) is 0 Å². The number of carbonyl (C=O) groups excluding carboxylic acids is 2. The number of nitrogens with zero attached hydrogens (tertiary/aromatic N) is 6. The summed E-state index contributed by atoms with van der Waals surface area (Å²) < 4.78 is 21.0. The van der Waals surface area contributed by atoms with Gasteiger partial charge in [-0.05, 0) is 37.6 Å². The molecule has 0 radical (unpaired) electrons. The summed E-state index contributed by atoms with van der Waals surface area (Å²) in [6.45, 7) is 14.0. The molecule has 0 spiro atoms. The number of halogens is 1. The highest BCUT2D eigenvalue weighted by atomic mass is 19.1. The van der Waals surface area contributed by atoms with Gasteiger partial charge in [0.2, 0.25) is 11.7 Å². The van der Waals surface area contributed by atoms with Crippen LogP contribution in [0.15, 0.2) is 30.3 Å². The van der Waals surface area contributed by atoms with Gasteiger partial charge in [0.25, 0.3) is 5.91 Å². The Balaban J connectivity index is 1.33. The van der Waals surface area contributed by atoms with Crippen LogP contribution in [0.1, 0.15) is 55.1 Å². The summed E-state index contributed by atoms with van der Waals surface area (Å²) in [5.74, 6) is -1.10. The molecule has 0 bridgehead atoms. The molecule has 2 fully saturated rings. The van der Waals surface area contributed by atoms with Gasteiger partial charge in [-0.25, -0.2) is 13.9 Å². The number of carbonyl (C=O) groups is 2. The zero-order valence-electron chi connectivity index (χ0n) is 25.3. The predicted molar refractivity (Wildman–Crippen MR) is 161 cm³/mol. The van der Waals surface area contributed by atoms with Gasteiger partial charge < -0.3 is 20.7 Å². The lowest BCUT2D eigenvalue weighted by Gasteiger charge is -2.43. The molecule has 5 heterocycles. The van der Waals surface area contributed by atoms with Gasteiger partial charge in [-0.2, -0.15) is 0 Å². The highest BCUT2D eigenvalue weighted by molar-refractivity contribution is 5.98. The monoisotopic (exact) mass is 592 g/mol. The molecular weight excluding hydrogens is 551 g/mol. The molecule has 0 aliphatic carbocycles. The van der Waals surface area contributed by atoms with Crippen molar-refractivity contribution < 1.29 is 18.7 Å². The first-order valence-corrected chi connectivity index (χ1v) is 15.1. The maximum atomic E-state index is 14.2. The number of fused-ring (bicyclic) bond motifs is 3. The fourth-order valence-electron chi connectivity index (χ4n) is 6.72. The standard InChI is InChI=1S/C31H41FN8O3/c1-19-14-38(24(13-34-19)15-37-9-10-43-17-20(37)2)16-26(41)39-18-31(3,4)27-25(39)12-22(11-21-5-7-23(32)8-6-21)30-35-29(28(33)42)36-40(27)30/h5-8,12,19-20,24,34H,9-11,13-18H2,1-4H3,(H2,33,42)/t19-,20-,24-/m1/s1. The number of piperazine rings is 1. The van der Waals surface area contributed by atoms with Crippen LogP contribution in [0.2, 0.25) is 0 Å². The van der Waals surface area contributed by atoms with Gasteiger partial charge in [0.05, 0.1) is 31.1 Å². The Morgan fingerprint density at radius 3 is 2.67 bits per heavy atom. The Bertz CT molecular complexity index is 1520. The van der Waals surface area contributed by atoms with Crippen molar-refractivity contribution in [3.05, 3.63) is 58.8 Å². The maximum absolute atomic E-state index is 14.2. The Hall–Kier alpha value is -3.45. The van der Waals surface area contributed by atoms with Gasteiger partial charge in [0.15, 0.2) is 5.65 Å². The van der Waals surface area contributed by atoms with Crippen LogP contribution in [0.5, 0.6) is 0 Å². The Labute approximate surface area is 251 Å². The molecule has 0 unspecified atom stereocenters. The maximum Gasteiger partial charge on any atom is 0.288 e.